The third-order valence-corrected chi connectivity index (χ3v) is 4.01. The lowest BCUT2D eigenvalue weighted by molar-refractivity contribution is -0.107. The average Bonchev–Trinajstić information content (AvgIpc) is 1.98. The van der Waals surface area contributed by atoms with E-state index < -0.39 is 9.84 Å². The van der Waals surface area contributed by atoms with E-state index >= 15 is 0 Å². The number of unbranched alkanes of at least 4 members (excludes halogenated alkanes) is 2. The van der Waals surface area contributed by atoms with Gasteiger partial charge in [-0.25, -0.2) is 8.42 Å². The summed E-state index contributed by atoms with van der Waals surface area (Å²) in [5, 5.41) is -0.297. The first-order valence-corrected chi connectivity index (χ1v) is 5.87. The summed E-state index contributed by atoms with van der Waals surface area (Å²) in [5.41, 5.74) is 0. The number of rotatable bonds is 6. The van der Waals surface area contributed by atoms with Gasteiger partial charge in [-0.3, -0.25) is 0 Å². The number of carbonyl (C=O) groups excluding carboxylic acids is 1. The molecule has 4 heteroatoms. The average molecular weight is 192 g/mol. The predicted octanol–water partition coefficient (Wildman–Crippen LogP) is 1.18. The van der Waals surface area contributed by atoms with E-state index in [-0.39, 0.29) is 11.0 Å². The largest absolute Gasteiger partial charge is 0.303 e. The monoisotopic (exact) mass is 192 g/mol. The molecule has 0 aromatic heterocycles. The molecule has 0 aromatic rings. The van der Waals surface area contributed by atoms with Gasteiger partial charge in [0.05, 0.1) is 11.0 Å². The number of aldehydes is 1. The molecule has 0 saturated carbocycles. The zero-order valence-corrected chi connectivity index (χ0v) is 8.43. The van der Waals surface area contributed by atoms with Crippen molar-refractivity contribution in [1.29, 1.82) is 0 Å². The second-order valence-corrected chi connectivity index (χ2v) is 5.75. The molecule has 0 aliphatic heterocycles. The third-order valence-electron chi connectivity index (χ3n) is 1.72. The number of carbonyl (C=O) groups is 1. The molecule has 0 heterocycles. The first-order valence-electron chi connectivity index (χ1n) is 4.16. The highest BCUT2D eigenvalue weighted by molar-refractivity contribution is 7.91. The van der Waals surface area contributed by atoms with Crippen molar-refractivity contribution in [2.45, 2.75) is 38.4 Å². The van der Waals surface area contributed by atoms with Gasteiger partial charge >= 0.3 is 0 Å². The summed E-state index contributed by atoms with van der Waals surface area (Å²) >= 11 is 0. The Balaban J connectivity index is 3.70. The van der Waals surface area contributed by atoms with Crippen molar-refractivity contribution in [2.24, 2.45) is 0 Å². The minimum Gasteiger partial charge on any atom is -0.303 e. The quantitative estimate of drug-likeness (QED) is 0.469. The van der Waals surface area contributed by atoms with E-state index in [0.717, 1.165) is 6.29 Å². The summed E-state index contributed by atoms with van der Waals surface area (Å²) in [6.07, 6.45) is 2.56. The minimum absolute atomic E-state index is 0.207. The Morgan fingerprint density at radius 2 is 1.83 bits per heavy atom. The van der Waals surface area contributed by atoms with Crippen LogP contribution in [0.25, 0.3) is 0 Å². The fourth-order valence-corrected chi connectivity index (χ4v) is 1.84. The Morgan fingerprint density at radius 3 is 2.25 bits per heavy atom. The van der Waals surface area contributed by atoms with Gasteiger partial charge in [-0.2, -0.15) is 0 Å². The van der Waals surface area contributed by atoms with Gasteiger partial charge in [-0.1, -0.05) is 0 Å². The van der Waals surface area contributed by atoms with Crippen LogP contribution in [0, 0.1) is 0 Å². The Bertz CT molecular complexity index is 216. The second-order valence-electron chi connectivity index (χ2n) is 3.08. The zero-order valence-electron chi connectivity index (χ0n) is 7.62. The molecule has 3 nitrogen and oxygen atoms in total. The van der Waals surface area contributed by atoms with E-state index in [1.54, 1.807) is 13.8 Å². The van der Waals surface area contributed by atoms with Crippen LogP contribution in [-0.2, 0) is 14.6 Å². The molecule has 0 aromatic carbocycles. The first-order chi connectivity index (χ1) is 5.50. The van der Waals surface area contributed by atoms with Gasteiger partial charge in [0, 0.05) is 6.42 Å². The normalized spacial score (nSPS) is 11.9. The van der Waals surface area contributed by atoms with Gasteiger partial charge in [0.15, 0.2) is 9.84 Å². The van der Waals surface area contributed by atoms with Crippen molar-refractivity contribution in [3.8, 4) is 0 Å². The van der Waals surface area contributed by atoms with Crippen LogP contribution in [-0.4, -0.2) is 25.7 Å². The molecule has 0 aliphatic carbocycles. The van der Waals surface area contributed by atoms with Gasteiger partial charge in [-0.15, -0.1) is 0 Å². The van der Waals surface area contributed by atoms with E-state index in [2.05, 4.69) is 0 Å². The van der Waals surface area contributed by atoms with Crippen LogP contribution >= 0.6 is 0 Å². The van der Waals surface area contributed by atoms with Crippen LogP contribution in [0.2, 0.25) is 0 Å². The van der Waals surface area contributed by atoms with Crippen molar-refractivity contribution in [2.75, 3.05) is 5.75 Å². The molecule has 72 valence electrons. The SMILES string of the molecule is CC(C)S(=O)(=O)CCCCC=O. The summed E-state index contributed by atoms with van der Waals surface area (Å²) in [4.78, 5) is 9.91. The van der Waals surface area contributed by atoms with Crippen molar-refractivity contribution >= 4 is 16.1 Å². The molecule has 0 saturated heterocycles. The van der Waals surface area contributed by atoms with Crippen molar-refractivity contribution in [3.05, 3.63) is 0 Å². The van der Waals surface area contributed by atoms with E-state index in [0.29, 0.717) is 19.3 Å². The lowest BCUT2D eigenvalue weighted by Crippen LogP contribution is -2.17. The summed E-state index contributed by atoms with van der Waals surface area (Å²) in [6.45, 7) is 3.35. The Hall–Kier alpha value is -0.380. The molecule has 0 fully saturated rings. The van der Waals surface area contributed by atoms with Crippen molar-refractivity contribution < 1.29 is 13.2 Å². The Morgan fingerprint density at radius 1 is 1.25 bits per heavy atom. The lowest BCUT2D eigenvalue weighted by atomic mass is 10.3. The molecule has 12 heavy (non-hydrogen) atoms. The van der Waals surface area contributed by atoms with Gasteiger partial charge in [0.25, 0.3) is 0 Å². The van der Waals surface area contributed by atoms with Crippen molar-refractivity contribution in [3.63, 3.8) is 0 Å². The first kappa shape index (κ1) is 11.6. The Kier molecular flexibility index (Phi) is 5.13. The second kappa shape index (κ2) is 5.30. The molecule has 0 spiro atoms. The lowest BCUT2D eigenvalue weighted by Gasteiger charge is -2.05. The molecule has 0 N–H and O–H groups in total. The van der Waals surface area contributed by atoms with Gasteiger partial charge < -0.3 is 4.79 Å². The minimum atomic E-state index is -2.89. The van der Waals surface area contributed by atoms with Gasteiger partial charge in [0.2, 0.25) is 0 Å². The van der Waals surface area contributed by atoms with E-state index in [9.17, 15) is 13.2 Å². The molecule has 0 aliphatic rings. The highest BCUT2D eigenvalue weighted by atomic mass is 32.2. The molecule has 0 radical (unpaired) electrons. The van der Waals surface area contributed by atoms with Gasteiger partial charge in [0.1, 0.15) is 6.29 Å². The molecular weight excluding hydrogens is 176 g/mol. The van der Waals surface area contributed by atoms with Crippen LogP contribution in [0.1, 0.15) is 33.1 Å². The van der Waals surface area contributed by atoms with Crippen molar-refractivity contribution in [1.82, 2.24) is 0 Å². The topological polar surface area (TPSA) is 51.2 Å². The third kappa shape index (κ3) is 4.49. The van der Waals surface area contributed by atoms with Crippen LogP contribution in [0.15, 0.2) is 0 Å². The predicted molar refractivity (Wildman–Crippen MR) is 48.8 cm³/mol. The summed E-state index contributed by atoms with van der Waals surface area (Å²) < 4.78 is 22.4. The maximum Gasteiger partial charge on any atom is 0.152 e. The number of hydrogen-bond donors (Lipinski definition) is 0. The molecule has 0 bridgehead atoms. The maximum absolute atomic E-state index is 11.2. The van der Waals surface area contributed by atoms with E-state index in [4.69, 9.17) is 0 Å². The van der Waals surface area contributed by atoms with Crippen LogP contribution in [0.3, 0.4) is 0 Å². The fourth-order valence-electron chi connectivity index (χ4n) is 0.767. The van der Waals surface area contributed by atoms with E-state index in [1.807, 2.05) is 0 Å². The zero-order chi connectivity index (χ0) is 9.61. The summed E-state index contributed by atoms with van der Waals surface area (Å²) in [5.74, 6) is 0.207. The van der Waals surface area contributed by atoms with E-state index in [1.165, 1.54) is 0 Å². The number of hydrogen-bond acceptors (Lipinski definition) is 3. The molecule has 0 rings (SSSR count). The summed E-state index contributed by atoms with van der Waals surface area (Å²) in [6, 6.07) is 0. The molecule has 0 atom stereocenters. The maximum atomic E-state index is 11.2. The standard InChI is InChI=1S/C8H16O3S/c1-8(2)12(10,11)7-5-3-4-6-9/h6,8H,3-5,7H2,1-2H3. The number of sulfone groups is 1. The van der Waals surface area contributed by atoms with Crippen LogP contribution < -0.4 is 0 Å². The highest BCUT2D eigenvalue weighted by Gasteiger charge is 2.14. The molecule has 0 amide bonds. The highest BCUT2D eigenvalue weighted by Crippen LogP contribution is 2.04. The van der Waals surface area contributed by atoms with Crippen LogP contribution in [0.5, 0.6) is 0 Å². The van der Waals surface area contributed by atoms with Crippen LogP contribution in [0.4, 0.5) is 0 Å². The Labute approximate surface area is 74.1 Å². The fraction of sp³-hybridized carbons (Fsp3) is 0.875. The summed E-state index contributed by atoms with van der Waals surface area (Å²) in [7, 11) is -2.89. The molecular formula is C8H16O3S. The van der Waals surface area contributed by atoms with Gasteiger partial charge in [-0.05, 0) is 26.7 Å². The smallest absolute Gasteiger partial charge is 0.152 e. The molecule has 0 unspecified atom stereocenters.